The Labute approximate surface area is 204 Å². The first kappa shape index (κ1) is 24.3. The Morgan fingerprint density at radius 2 is 1.76 bits per heavy atom. The highest BCUT2D eigenvalue weighted by Crippen LogP contribution is 2.31. The molecule has 0 aliphatic carbocycles. The molecule has 0 spiro atoms. The Morgan fingerprint density at radius 3 is 2.53 bits per heavy atom. The van der Waals surface area contributed by atoms with Crippen molar-refractivity contribution in [2.45, 2.75) is 25.4 Å². The second-order valence-electron chi connectivity index (χ2n) is 8.26. The predicted molar refractivity (Wildman–Crippen MR) is 136 cm³/mol. The van der Waals surface area contributed by atoms with E-state index >= 15 is 0 Å². The molecule has 2 aromatic carbocycles. The van der Waals surface area contributed by atoms with Crippen molar-refractivity contribution in [1.29, 1.82) is 0 Å². The van der Waals surface area contributed by atoms with Crippen molar-refractivity contribution in [3.05, 3.63) is 65.1 Å². The molecule has 2 aliphatic rings. The number of para-hydroxylation sites is 1. The van der Waals surface area contributed by atoms with E-state index in [4.69, 9.17) is 9.47 Å². The van der Waals surface area contributed by atoms with Gasteiger partial charge in [0, 0.05) is 26.2 Å². The molecule has 0 saturated carbocycles. The summed E-state index contributed by atoms with van der Waals surface area (Å²) in [4.78, 5) is 19.4. The highest BCUT2D eigenvalue weighted by atomic mass is 32.2. The minimum absolute atomic E-state index is 0.159. The second-order valence-corrected chi connectivity index (χ2v) is 9.27. The van der Waals surface area contributed by atoms with Crippen LogP contribution in [-0.4, -0.2) is 66.6 Å². The summed E-state index contributed by atoms with van der Waals surface area (Å²) in [6, 6.07) is 17.1. The van der Waals surface area contributed by atoms with Crippen LogP contribution in [0.3, 0.4) is 0 Å². The van der Waals surface area contributed by atoms with Gasteiger partial charge in [0.05, 0.1) is 4.91 Å². The fourth-order valence-electron chi connectivity index (χ4n) is 3.71. The number of aliphatic hydroxyl groups excluding tert-OH is 1. The van der Waals surface area contributed by atoms with Gasteiger partial charge in [0.15, 0.2) is 5.17 Å². The SMILES string of the molecule is O=C1N=C(N2CCCCC2)S/C1=C\c1ccc(OCCNCC(O)COc2ccccc2)cc1. The van der Waals surface area contributed by atoms with Crippen molar-refractivity contribution in [2.24, 2.45) is 4.99 Å². The molecule has 1 fully saturated rings. The van der Waals surface area contributed by atoms with E-state index in [1.54, 1.807) is 0 Å². The number of aliphatic imine (C=N–C) groups is 1. The van der Waals surface area contributed by atoms with Crippen molar-refractivity contribution >= 4 is 28.9 Å². The van der Waals surface area contributed by atoms with Crippen molar-refractivity contribution in [1.82, 2.24) is 10.2 Å². The number of piperidine rings is 1. The predicted octanol–water partition coefficient (Wildman–Crippen LogP) is 3.55. The molecule has 2 aliphatic heterocycles. The number of carbonyl (C=O) groups excluding carboxylic acids is 1. The quantitative estimate of drug-likeness (QED) is 0.397. The number of hydrogen-bond donors (Lipinski definition) is 2. The number of likely N-dealkylation sites (tertiary alicyclic amines) is 1. The summed E-state index contributed by atoms with van der Waals surface area (Å²) in [6.45, 7) is 3.71. The lowest BCUT2D eigenvalue weighted by atomic mass is 10.1. The summed E-state index contributed by atoms with van der Waals surface area (Å²) >= 11 is 1.47. The van der Waals surface area contributed by atoms with Crippen molar-refractivity contribution in [2.75, 3.05) is 39.4 Å². The number of ether oxygens (including phenoxy) is 2. The maximum atomic E-state index is 12.3. The van der Waals surface area contributed by atoms with E-state index in [0.717, 1.165) is 48.2 Å². The van der Waals surface area contributed by atoms with Gasteiger partial charge in [-0.2, -0.15) is 4.99 Å². The second kappa shape index (κ2) is 12.6. The minimum atomic E-state index is -0.594. The monoisotopic (exact) mass is 481 g/mol. The van der Waals surface area contributed by atoms with Crippen LogP contribution in [0.15, 0.2) is 64.5 Å². The van der Waals surface area contributed by atoms with Gasteiger partial charge in [-0.15, -0.1) is 0 Å². The first-order chi connectivity index (χ1) is 16.7. The van der Waals surface area contributed by atoms with E-state index in [0.29, 0.717) is 24.6 Å². The molecule has 0 radical (unpaired) electrons. The van der Waals surface area contributed by atoms with Gasteiger partial charge in [0.1, 0.15) is 30.8 Å². The van der Waals surface area contributed by atoms with Crippen molar-refractivity contribution in [3.8, 4) is 11.5 Å². The number of nitrogens with zero attached hydrogens (tertiary/aromatic N) is 2. The van der Waals surface area contributed by atoms with Crippen LogP contribution < -0.4 is 14.8 Å². The Balaban J connectivity index is 1.14. The summed E-state index contributed by atoms with van der Waals surface area (Å²) < 4.78 is 11.3. The number of rotatable bonds is 10. The molecule has 1 saturated heterocycles. The fraction of sp³-hybridized carbons (Fsp3) is 0.385. The molecular formula is C26H31N3O4S. The topological polar surface area (TPSA) is 83.4 Å². The van der Waals surface area contributed by atoms with Gasteiger partial charge in [0.25, 0.3) is 5.91 Å². The lowest BCUT2D eigenvalue weighted by Crippen LogP contribution is -2.33. The number of amidine groups is 1. The molecule has 2 N–H and O–H groups in total. The molecule has 2 heterocycles. The molecule has 1 atom stereocenters. The van der Waals surface area contributed by atoms with Crippen molar-refractivity contribution in [3.63, 3.8) is 0 Å². The standard InChI is InChI=1S/C26H31N3O4S/c30-21(19-33-22-7-3-1-4-8-22)18-27-13-16-32-23-11-9-20(10-12-23)17-24-25(31)28-26(34-24)29-14-5-2-6-15-29/h1,3-4,7-12,17,21,27,30H,2,5-6,13-16,18-19H2/b24-17-. The average molecular weight is 482 g/mol. The molecule has 7 nitrogen and oxygen atoms in total. The van der Waals surface area contributed by atoms with Gasteiger partial charge in [0.2, 0.25) is 0 Å². The van der Waals surface area contributed by atoms with Crippen LogP contribution in [0.25, 0.3) is 6.08 Å². The first-order valence-corrected chi connectivity index (χ1v) is 12.6. The van der Waals surface area contributed by atoms with Gasteiger partial charge < -0.3 is 24.8 Å². The Morgan fingerprint density at radius 1 is 1.03 bits per heavy atom. The highest BCUT2D eigenvalue weighted by molar-refractivity contribution is 8.18. The van der Waals surface area contributed by atoms with Crippen molar-refractivity contribution < 1.29 is 19.4 Å². The van der Waals surface area contributed by atoms with Crippen LogP contribution in [0.2, 0.25) is 0 Å². The van der Waals surface area contributed by atoms with Crippen LogP contribution in [-0.2, 0) is 4.79 Å². The number of thioether (sulfide) groups is 1. The number of nitrogens with one attached hydrogen (secondary N) is 1. The lowest BCUT2D eigenvalue weighted by Gasteiger charge is -2.27. The van der Waals surface area contributed by atoms with Gasteiger partial charge in [-0.25, -0.2) is 0 Å². The maximum absolute atomic E-state index is 12.3. The third-order valence-corrected chi connectivity index (χ3v) is 6.57. The van der Waals surface area contributed by atoms with Crippen LogP contribution >= 0.6 is 11.8 Å². The van der Waals surface area contributed by atoms with E-state index in [1.165, 1.54) is 18.2 Å². The normalized spacial score (nSPS) is 18.1. The van der Waals surface area contributed by atoms with Gasteiger partial charge >= 0.3 is 0 Å². The summed E-state index contributed by atoms with van der Waals surface area (Å²) in [6.07, 6.45) is 4.86. The fourth-order valence-corrected chi connectivity index (χ4v) is 4.67. The van der Waals surface area contributed by atoms with E-state index in [-0.39, 0.29) is 12.5 Å². The van der Waals surface area contributed by atoms with E-state index < -0.39 is 6.10 Å². The molecule has 1 amide bonds. The average Bonchev–Trinajstić information content (AvgIpc) is 3.24. The van der Waals surface area contributed by atoms with Gasteiger partial charge in [-0.05, 0) is 66.9 Å². The van der Waals surface area contributed by atoms with Crippen LogP contribution in [0, 0.1) is 0 Å². The number of benzene rings is 2. The van der Waals surface area contributed by atoms with E-state index in [2.05, 4.69) is 15.2 Å². The zero-order valence-electron chi connectivity index (χ0n) is 19.2. The zero-order chi connectivity index (χ0) is 23.6. The summed E-state index contributed by atoms with van der Waals surface area (Å²) in [5, 5.41) is 14.0. The third-order valence-electron chi connectivity index (χ3n) is 5.53. The molecule has 180 valence electrons. The molecule has 1 unspecified atom stereocenters. The molecule has 2 aromatic rings. The number of amides is 1. The van der Waals surface area contributed by atoms with E-state index in [1.807, 2.05) is 60.7 Å². The van der Waals surface area contributed by atoms with Crippen LogP contribution in [0.4, 0.5) is 0 Å². The molecule has 34 heavy (non-hydrogen) atoms. The zero-order valence-corrected chi connectivity index (χ0v) is 20.0. The smallest absolute Gasteiger partial charge is 0.286 e. The Bertz CT molecular complexity index is 989. The lowest BCUT2D eigenvalue weighted by molar-refractivity contribution is -0.113. The van der Waals surface area contributed by atoms with Crippen LogP contribution in [0.5, 0.6) is 11.5 Å². The Hall–Kier alpha value is -2.81. The molecule has 8 heteroatoms. The summed E-state index contributed by atoms with van der Waals surface area (Å²) in [7, 11) is 0. The summed E-state index contributed by atoms with van der Waals surface area (Å²) in [5.74, 6) is 1.34. The number of hydrogen-bond acceptors (Lipinski definition) is 7. The summed E-state index contributed by atoms with van der Waals surface area (Å²) in [5.41, 5.74) is 0.943. The molecule has 4 rings (SSSR count). The van der Waals surface area contributed by atoms with Gasteiger partial charge in [-0.1, -0.05) is 30.3 Å². The molecule has 0 bridgehead atoms. The first-order valence-electron chi connectivity index (χ1n) is 11.7. The van der Waals surface area contributed by atoms with Crippen LogP contribution in [0.1, 0.15) is 24.8 Å². The Kier molecular flexibility index (Phi) is 9.01. The molecule has 0 aromatic heterocycles. The highest BCUT2D eigenvalue weighted by Gasteiger charge is 2.26. The number of aliphatic hydroxyl groups is 1. The number of carbonyl (C=O) groups is 1. The third kappa shape index (κ3) is 7.35. The maximum Gasteiger partial charge on any atom is 0.286 e. The largest absolute Gasteiger partial charge is 0.492 e. The van der Waals surface area contributed by atoms with Gasteiger partial charge in [-0.3, -0.25) is 4.79 Å². The molecular weight excluding hydrogens is 450 g/mol. The van der Waals surface area contributed by atoms with E-state index in [9.17, 15) is 9.90 Å². The minimum Gasteiger partial charge on any atom is -0.492 e.